The fraction of sp³-hybridized carbons (Fsp3) is 0.353. The minimum atomic E-state index is -0.541. The second kappa shape index (κ2) is 12.4. The molecule has 0 saturated heterocycles. The number of ether oxygens (including phenoxy) is 4. The third kappa shape index (κ3) is 6.85. The van der Waals surface area contributed by atoms with Gasteiger partial charge in [-0.2, -0.15) is 0 Å². The molecule has 5 nitrogen and oxygen atoms in total. The molecule has 0 fully saturated rings. The topological polar surface area (TPSA) is 57.2 Å². The van der Waals surface area contributed by atoms with E-state index in [1.807, 2.05) is 70.2 Å². The highest BCUT2D eigenvalue weighted by Gasteiger charge is 2.22. The van der Waals surface area contributed by atoms with Gasteiger partial charge >= 0.3 is 0 Å². The smallest absolute Gasteiger partial charge is 0.131 e. The number of hydrogen-bond donors (Lipinski definition) is 1. The fourth-order valence-corrected chi connectivity index (χ4v) is 4.90. The third-order valence-electron chi connectivity index (χ3n) is 6.32. The Hall–Kier alpha value is -3.70. The summed E-state index contributed by atoms with van der Waals surface area (Å²) < 4.78 is 24.7. The molecule has 39 heavy (non-hydrogen) atoms. The van der Waals surface area contributed by atoms with Gasteiger partial charge in [0.2, 0.25) is 0 Å². The maximum Gasteiger partial charge on any atom is 0.131 e. The van der Waals surface area contributed by atoms with Crippen LogP contribution < -0.4 is 18.9 Å². The molecule has 0 saturated carbocycles. The van der Waals surface area contributed by atoms with Crippen molar-refractivity contribution in [3.63, 3.8) is 0 Å². The fourth-order valence-electron chi connectivity index (χ4n) is 4.90. The van der Waals surface area contributed by atoms with Crippen LogP contribution in [0.2, 0.25) is 0 Å². The van der Waals surface area contributed by atoms with E-state index in [0.29, 0.717) is 13.0 Å². The number of hydrogen-bond acceptors (Lipinski definition) is 5. The van der Waals surface area contributed by atoms with Gasteiger partial charge in [0.25, 0.3) is 0 Å². The van der Waals surface area contributed by atoms with Gasteiger partial charge in [0.15, 0.2) is 0 Å². The van der Waals surface area contributed by atoms with Crippen LogP contribution in [0.15, 0.2) is 66.7 Å². The van der Waals surface area contributed by atoms with Crippen LogP contribution in [0.1, 0.15) is 51.3 Å². The van der Waals surface area contributed by atoms with Gasteiger partial charge in [0.1, 0.15) is 29.6 Å². The first-order valence-electron chi connectivity index (χ1n) is 13.6. The second-order valence-corrected chi connectivity index (χ2v) is 10.6. The minimum Gasteiger partial charge on any atom is -0.496 e. The van der Waals surface area contributed by atoms with Crippen molar-refractivity contribution >= 4 is 10.8 Å². The maximum atomic E-state index is 10.5. The largest absolute Gasteiger partial charge is 0.496 e. The molecule has 1 atom stereocenters. The molecule has 0 spiro atoms. The summed E-state index contributed by atoms with van der Waals surface area (Å²) in [5.41, 5.74) is 5.05. The van der Waals surface area contributed by atoms with Crippen molar-refractivity contribution < 1.29 is 24.1 Å². The van der Waals surface area contributed by atoms with E-state index in [1.54, 1.807) is 14.0 Å². The standard InChI is InChI=1S/C34H40O5/c1-21(2)38-27-18-26(17-24(6)35)33(32(19-27)39-22(3)4)28-13-14-30(37-20-25-11-9-8-10-12-25)34-29(28)15-23(5)16-31(34)36-7/h8-16,18-19,21-22,24,35H,17,20H2,1-7H3/t24-/m0/s1. The predicted octanol–water partition coefficient (Wildman–Crippen LogP) is 7.90. The average Bonchev–Trinajstić information content (AvgIpc) is 2.86. The molecule has 4 rings (SSSR count). The summed E-state index contributed by atoms with van der Waals surface area (Å²) in [5, 5.41) is 12.4. The van der Waals surface area contributed by atoms with E-state index in [9.17, 15) is 5.11 Å². The van der Waals surface area contributed by atoms with Crippen molar-refractivity contribution in [2.24, 2.45) is 0 Å². The quantitative estimate of drug-likeness (QED) is 0.214. The molecule has 0 heterocycles. The predicted molar refractivity (Wildman–Crippen MR) is 158 cm³/mol. The Labute approximate surface area is 232 Å². The Bertz CT molecular complexity index is 1380. The summed E-state index contributed by atoms with van der Waals surface area (Å²) in [4.78, 5) is 0. The highest BCUT2D eigenvalue weighted by atomic mass is 16.5. The van der Waals surface area contributed by atoms with Crippen molar-refractivity contribution in [2.75, 3.05) is 7.11 Å². The number of rotatable bonds is 11. The SMILES string of the molecule is COc1cc(C)cc2c(-c3c(C[C@H](C)O)cc(OC(C)C)cc3OC(C)C)ccc(OCc3ccccc3)c12. The van der Waals surface area contributed by atoms with Crippen molar-refractivity contribution in [1.29, 1.82) is 0 Å². The normalized spacial score (nSPS) is 12.2. The summed E-state index contributed by atoms with van der Waals surface area (Å²) in [6.45, 7) is 12.3. The number of aryl methyl sites for hydroxylation is 1. The zero-order chi connectivity index (χ0) is 28.1. The molecule has 0 aromatic heterocycles. The molecule has 0 unspecified atom stereocenters. The molecule has 206 valence electrons. The van der Waals surface area contributed by atoms with Crippen LogP contribution in [0, 0.1) is 6.92 Å². The minimum absolute atomic E-state index is 0.0101. The Kier molecular flexibility index (Phi) is 9.03. The molecule has 5 heteroatoms. The summed E-state index contributed by atoms with van der Waals surface area (Å²) in [6, 6.07) is 22.4. The number of methoxy groups -OCH3 is 1. The van der Waals surface area contributed by atoms with Crippen LogP contribution in [0.25, 0.3) is 21.9 Å². The van der Waals surface area contributed by atoms with E-state index < -0.39 is 6.10 Å². The first-order valence-corrected chi connectivity index (χ1v) is 13.6. The van der Waals surface area contributed by atoms with Gasteiger partial charge in [0.05, 0.1) is 30.8 Å². The Morgan fingerprint density at radius 2 is 1.49 bits per heavy atom. The van der Waals surface area contributed by atoms with Crippen LogP contribution >= 0.6 is 0 Å². The lowest BCUT2D eigenvalue weighted by Crippen LogP contribution is -2.12. The second-order valence-electron chi connectivity index (χ2n) is 10.6. The van der Waals surface area contributed by atoms with E-state index in [4.69, 9.17) is 18.9 Å². The van der Waals surface area contributed by atoms with E-state index in [2.05, 4.69) is 31.2 Å². The van der Waals surface area contributed by atoms with Crippen LogP contribution in [-0.2, 0) is 13.0 Å². The van der Waals surface area contributed by atoms with Crippen molar-refractivity contribution in [2.45, 2.75) is 72.9 Å². The van der Waals surface area contributed by atoms with Crippen LogP contribution in [0.5, 0.6) is 23.0 Å². The molecule has 0 aliphatic heterocycles. The molecular weight excluding hydrogens is 488 g/mol. The monoisotopic (exact) mass is 528 g/mol. The number of fused-ring (bicyclic) bond motifs is 1. The lowest BCUT2D eigenvalue weighted by molar-refractivity contribution is 0.194. The van der Waals surface area contributed by atoms with Crippen LogP contribution in [0.4, 0.5) is 0 Å². The maximum absolute atomic E-state index is 10.5. The number of benzene rings is 4. The van der Waals surface area contributed by atoms with Gasteiger partial charge < -0.3 is 24.1 Å². The summed E-state index contributed by atoms with van der Waals surface area (Å²) in [6.07, 6.45) is -0.124. The lowest BCUT2D eigenvalue weighted by atomic mass is 9.90. The molecule has 0 aliphatic rings. The lowest BCUT2D eigenvalue weighted by Gasteiger charge is -2.23. The number of aliphatic hydroxyl groups is 1. The molecule has 0 bridgehead atoms. The van der Waals surface area contributed by atoms with Gasteiger partial charge in [-0.05, 0) is 99.9 Å². The molecule has 0 aliphatic carbocycles. The van der Waals surface area contributed by atoms with Crippen LogP contribution in [-0.4, -0.2) is 30.5 Å². The van der Waals surface area contributed by atoms with Crippen LogP contribution in [0.3, 0.4) is 0 Å². The molecule has 4 aromatic rings. The molecule has 0 amide bonds. The van der Waals surface area contributed by atoms with Gasteiger partial charge in [0, 0.05) is 11.6 Å². The van der Waals surface area contributed by atoms with Gasteiger partial charge in [-0.15, -0.1) is 0 Å². The zero-order valence-corrected chi connectivity index (χ0v) is 24.1. The van der Waals surface area contributed by atoms with E-state index in [1.165, 1.54) is 0 Å². The molecular formula is C34H40O5. The van der Waals surface area contributed by atoms with Crippen molar-refractivity contribution in [3.8, 4) is 34.1 Å². The summed E-state index contributed by atoms with van der Waals surface area (Å²) >= 11 is 0. The first kappa shape index (κ1) is 28.3. The third-order valence-corrected chi connectivity index (χ3v) is 6.32. The Morgan fingerprint density at radius 1 is 0.769 bits per heavy atom. The van der Waals surface area contributed by atoms with Gasteiger partial charge in [-0.3, -0.25) is 0 Å². The molecule has 4 aromatic carbocycles. The van der Waals surface area contributed by atoms with Crippen molar-refractivity contribution in [3.05, 3.63) is 83.4 Å². The Morgan fingerprint density at radius 3 is 2.13 bits per heavy atom. The number of aliphatic hydroxyl groups excluding tert-OH is 1. The average molecular weight is 529 g/mol. The van der Waals surface area contributed by atoms with Gasteiger partial charge in [-0.1, -0.05) is 36.4 Å². The summed E-state index contributed by atoms with van der Waals surface area (Å²) in [7, 11) is 1.69. The van der Waals surface area contributed by atoms with E-state index in [0.717, 1.165) is 61.6 Å². The molecule has 1 N–H and O–H groups in total. The van der Waals surface area contributed by atoms with Crippen molar-refractivity contribution in [1.82, 2.24) is 0 Å². The first-order chi connectivity index (χ1) is 18.7. The van der Waals surface area contributed by atoms with Gasteiger partial charge in [-0.25, -0.2) is 0 Å². The summed E-state index contributed by atoms with van der Waals surface area (Å²) in [5.74, 6) is 2.94. The van der Waals surface area contributed by atoms with E-state index in [-0.39, 0.29) is 12.2 Å². The Balaban J connectivity index is 1.97. The zero-order valence-electron chi connectivity index (χ0n) is 24.1. The van der Waals surface area contributed by atoms with E-state index >= 15 is 0 Å². The highest BCUT2D eigenvalue weighted by Crippen LogP contribution is 2.46. The highest BCUT2D eigenvalue weighted by molar-refractivity contribution is 6.05. The molecule has 0 radical (unpaired) electrons.